The topological polar surface area (TPSA) is 83.8 Å². The Balaban J connectivity index is 1.66. The van der Waals surface area contributed by atoms with Crippen LogP contribution in [0.25, 0.3) is 6.08 Å². The predicted octanol–water partition coefficient (Wildman–Crippen LogP) is 1.92. The van der Waals surface area contributed by atoms with Crippen molar-refractivity contribution >= 4 is 27.9 Å². The van der Waals surface area contributed by atoms with Gasteiger partial charge in [-0.25, -0.2) is 4.98 Å². The van der Waals surface area contributed by atoms with Gasteiger partial charge in [-0.05, 0) is 40.6 Å². The highest BCUT2D eigenvalue weighted by molar-refractivity contribution is 9.10. The van der Waals surface area contributed by atoms with Crippen molar-refractivity contribution in [2.24, 2.45) is 0 Å². The predicted molar refractivity (Wildman–Crippen MR) is 73.2 cm³/mol. The number of carbonyl (C=O) groups excluding carboxylic acids is 1. The van der Waals surface area contributed by atoms with Gasteiger partial charge in [-0.3, -0.25) is 9.89 Å². The molecule has 0 saturated carbocycles. The van der Waals surface area contributed by atoms with E-state index >= 15 is 0 Å². The lowest BCUT2D eigenvalue weighted by Crippen LogP contribution is -2.22. The highest BCUT2D eigenvalue weighted by atomic mass is 79.9. The van der Waals surface area contributed by atoms with E-state index in [2.05, 4.69) is 36.4 Å². The molecule has 7 heteroatoms. The molecule has 0 bridgehead atoms. The van der Waals surface area contributed by atoms with Gasteiger partial charge in [-0.2, -0.15) is 5.10 Å². The molecule has 100 valence electrons. The fourth-order valence-electron chi connectivity index (χ4n) is 1.45. The number of rotatable bonds is 6. The van der Waals surface area contributed by atoms with E-state index in [1.807, 2.05) is 0 Å². The van der Waals surface area contributed by atoms with Gasteiger partial charge in [0.05, 0.1) is 0 Å². The maximum Gasteiger partial charge on any atom is 0.244 e. The SMILES string of the molecule is O=C(C=Cc1ccc(Br)o1)NCCCc1ncn[nH]1. The minimum atomic E-state index is -0.148. The monoisotopic (exact) mass is 324 g/mol. The maximum absolute atomic E-state index is 11.5. The molecule has 0 saturated heterocycles. The van der Waals surface area contributed by atoms with Gasteiger partial charge >= 0.3 is 0 Å². The Labute approximate surface area is 118 Å². The summed E-state index contributed by atoms with van der Waals surface area (Å²) in [5, 5.41) is 9.30. The zero-order chi connectivity index (χ0) is 13.5. The zero-order valence-corrected chi connectivity index (χ0v) is 11.7. The quantitative estimate of drug-likeness (QED) is 0.628. The molecule has 0 atom stereocenters. The molecule has 2 N–H and O–H groups in total. The number of H-pyrrole nitrogens is 1. The van der Waals surface area contributed by atoms with Gasteiger partial charge in [0, 0.05) is 19.0 Å². The number of nitrogens with zero attached hydrogens (tertiary/aromatic N) is 2. The Kier molecular flexibility index (Phi) is 4.91. The Hall–Kier alpha value is -1.89. The van der Waals surface area contributed by atoms with Crippen LogP contribution in [0.4, 0.5) is 0 Å². The van der Waals surface area contributed by atoms with Crippen LogP contribution in [-0.2, 0) is 11.2 Å². The standard InChI is InChI=1S/C12H13BrN4O2/c13-10-5-3-9(19-10)4-6-12(18)14-7-1-2-11-15-8-16-17-11/h3-6,8H,1-2,7H2,(H,14,18)(H,15,16,17). The number of amides is 1. The highest BCUT2D eigenvalue weighted by Crippen LogP contribution is 2.14. The maximum atomic E-state index is 11.5. The molecule has 0 aliphatic heterocycles. The summed E-state index contributed by atoms with van der Waals surface area (Å²) in [4.78, 5) is 15.5. The van der Waals surface area contributed by atoms with Crippen molar-refractivity contribution in [3.8, 4) is 0 Å². The largest absolute Gasteiger partial charge is 0.450 e. The third-order valence-electron chi connectivity index (χ3n) is 2.35. The van der Waals surface area contributed by atoms with E-state index in [1.165, 1.54) is 12.4 Å². The lowest BCUT2D eigenvalue weighted by atomic mass is 10.3. The third-order valence-corrected chi connectivity index (χ3v) is 2.77. The summed E-state index contributed by atoms with van der Waals surface area (Å²) in [5.74, 6) is 1.30. The van der Waals surface area contributed by atoms with Crippen molar-refractivity contribution in [2.75, 3.05) is 6.54 Å². The molecule has 2 aromatic heterocycles. The fourth-order valence-corrected chi connectivity index (χ4v) is 1.77. The second-order valence-electron chi connectivity index (χ2n) is 3.80. The minimum absolute atomic E-state index is 0.148. The number of aryl methyl sites for hydroxylation is 1. The van der Waals surface area contributed by atoms with Gasteiger partial charge in [0.25, 0.3) is 0 Å². The summed E-state index contributed by atoms with van der Waals surface area (Å²) in [6, 6.07) is 3.55. The number of halogens is 1. The molecule has 0 aliphatic rings. The van der Waals surface area contributed by atoms with Crippen LogP contribution in [0.1, 0.15) is 18.0 Å². The Morgan fingerprint density at radius 1 is 1.53 bits per heavy atom. The second-order valence-corrected chi connectivity index (χ2v) is 4.58. The molecule has 2 rings (SSSR count). The van der Waals surface area contributed by atoms with Crippen LogP contribution >= 0.6 is 15.9 Å². The fraction of sp³-hybridized carbons (Fsp3) is 0.250. The van der Waals surface area contributed by atoms with Crippen LogP contribution in [0.15, 0.2) is 33.6 Å². The van der Waals surface area contributed by atoms with E-state index in [9.17, 15) is 4.79 Å². The van der Waals surface area contributed by atoms with Gasteiger partial charge in [-0.15, -0.1) is 0 Å². The summed E-state index contributed by atoms with van der Waals surface area (Å²) in [6.45, 7) is 0.589. The molecule has 1 amide bonds. The molecular formula is C12H13BrN4O2. The van der Waals surface area contributed by atoms with E-state index < -0.39 is 0 Å². The van der Waals surface area contributed by atoms with Crippen molar-refractivity contribution in [2.45, 2.75) is 12.8 Å². The van der Waals surface area contributed by atoms with Crippen molar-refractivity contribution in [1.29, 1.82) is 0 Å². The van der Waals surface area contributed by atoms with E-state index in [0.717, 1.165) is 18.7 Å². The average molecular weight is 325 g/mol. The molecule has 0 aromatic carbocycles. The minimum Gasteiger partial charge on any atom is -0.450 e. The Bertz CT molecular complexity index is 548. The summed E-state index contributed by atoms with van der Waals surface area (Å²) in [6.07, 6.45) is 6.10. The smallest absolute Gasteiger partial charge is 0.244 e. The van der Waals surface area contributed by atoms with E-state index in [1.54, 1.807) is 18.2 Å². The molecule has 0 fully saturated rings. The number of furan rings is 1. The van der Waals surface area contributed by atoms with Crippen LogP contribution in [0, 0.1) is 0 Å². The first-order valence-electron chi connectivity index (χ1n) is 5.79. The van der Waals surface area contributed by atoms with E-state index in [4.69, 9.17) is 4.42 Å². The van der Waals surface area contributed by atoms with E-state index in [0.29, 0.717) is 17.0 Å². The van der Waals surface area contributed by atoms with Gasteiger partial charge in [0.15, 0.2) is 4.67 Å². The van der Waals surface area contributed by atoms with Crippen molar-refractivity contribution in [3.63, 3.8) is 0 Å². The van der Waals surface area contributed by atoms with Crippen LogP contribution in [0.3, 0.4) is 0 Å². The number of hydrogen-bond acceptors (Lipinski definition) is 4. The molecule has 0 spiro atoms. The third kappa shape index (κ3) is 4.70. The average Bonchev–Trinajstić information content (AvgIpc) is 3.03. The first-order chi connectivity index (χ1) is 9.24. The lowest BCUT2D eigenvalue weighted by Gasteiger charge is -2.00. The first-order valence-corrected chi connectivity index (χ1v) is 6.59. The molecule has 0 unspecified atom stereocenters. The van der Waals surface area contributed by atoms with Gasteiger partial charge in [0.2, 0.25) is 5.91 Å². The molecule has 0 aliphatic carbocycles. The number of aromatic amines is 1. The number of nitrogens with one attached hydrogen (secondary N) is 2. The van der Waals surface area contributed by atoms with Crippen molar-refractivity contribution < 1.29 is 9.21 Å². The Morgan fingerprint density at radius 3 is 3.11 bits per heavy atom. The summed E-state index contributed by atoms with van der Waals surface area (Å²) in [7, 11) is 0. The van der Waals surface area contributed by atoms with Crippen LogP contribution in [0.5, 0.6) is 0 Å². The van der Waals surface area contributed by atoms with Crippen molar-refractivity contribution in [1.82, 2.24) is 20.5 Å². The van der Waals surface area contributed by atoms with E-state index in [-0.39, 0.29) is 5.91 Å². The molecule has 2 aromatic rings. The second kappa shape index (κ2) is 6.89. The molecule has 6 nitrogen and oxygen atoms in total. The Morgan fingerprint density at radius 2 is 2.42 bits per heavy atom. The van der Waals surface area contributed by atoms with Crippen LogP contribution < -0.4 is 5.32 Å². The van der Waals surface area contributed by atoms with Gasteiger partial charge in [-0.1, -0.05) is 0 Å². The number of carbonyl (C=O) groups is 1. The summed E-state index contributed by atoms with van der Waals surface area (Å²) >= 11 is 3.19. The first kappa shape index (κ1) is 13.5. The van der Waals surface area contributed by atoms with Crippen LogP contribution in [0.2, 0.25) is 0 Å². The van der Waals surface area contributed by atoms with Gasteiger partial charge in [0.1, 0.15) is 17.9 Å². The zero-order valence-electron chi connectivity index (χ0n) is 10.1. The molecule has 2 heterocycles. The van der Waals surface area contributed by atoms with Gasteiger partial charge < -0.3 is 9.73 Å². The normalized spacial score (nSPS) is 11.0. The summed E-state index contributed by atoms with van der Waals surface area (Å²) < 4.78 is 5.88. The highest BCUT2D eigenvalue weighted by Gasteiger charge is 1.99. The number of hydrogen-bond donors (Lipinski definition) is 2. The number of aromatic nitrogens is 3. The lowest BCUT2D eigenvalue weighted by molar-refractivity contribution is -0.116. The molecular weight excluding hydrogens is 312 g/mol. The van der Waals surface area contributed by atoms with Crippen LogP contribution in [-0.4, -0.2) is 27.6 Å². The molecule has 0 radical (unpaired) electrons. The summed E-state index contributed by atoms with van der Waals surface area (Å²) in [5.41, 5.74) is 0. The van der Waals surface area contributed by atoms with Crippen molar-refractivity contribution in [3.05, 3.63) is 40.8 Å². The molecule has 19 heavy (non-hydrogen) atoms.